The highest BCUT2D eigenvalue weighted by molar-refractivity contribution is 7.81. The predicted octanol–water partition coefficient (Wildman–Crippen LogP) is 1.44. The van der Waals surface area contributed by atoms with Crippen molar-refractivity contribution in [3.63, 3.8) is 0 Å². The maximum atomic E-state index is 9.55. The van der Waals surface area contributed by atoms with E-state index in [0.29, 0.717) is 0 Å². The van der Waals surface area contributed by atoms with E-state index in [2.05, 4.69) is 24.8 Å². The Morgan fingerprint density at radius 2 is 1.75 bits per heavy atom. The monoisotopic (exact) mass is 180 g/mol. The van der Waals surface area contributed by atoms with E-state index < -0.39 is 0 Å². The summed E-state index contributed by atoms with van der Waals surface area (Å²) in [6.45, 7) is 0. The lowest BCUT2D eigenvalue weighted by atomic mass is 9.89. The van der Waals surface area contributed by atoms with Crippen molar-refractivity contribution in [1.82, 2.24) is 0 Å². The molecule has 1 aliphatic rings. The third-order valence-electron chi connectivity index (χ3n) is 2.42. The minimum atomic E-state index is -0.275. The molecular formula is C10H12OS. The summed E-state index contributed by atoms with van der Waals surface area (Å²) in [6.07, 6.45) is 1.37. The fraction of sp³-hybridized carbons (Fsp3) is 0.400. The highest BCUT2D eigenvalue weighted by Gasteiger charge is 2.23. The van der Waals surface area contributed by atoms with Crippen LogP contribution in [0.1, 0.15) is 11.1 Å². The minimum Gasteiger partial charge on any atom is -0.392 e. The van der Waals surface area contributed by atoms with Crippen molar-refractivity contribution < 1.29 is 5.11 Å². The molecule has 1 nitrogen and oxygen atoms in total. The first-order valence-electron chi connectivity index (χ1n) is 4.20. The molecule has 1 aliphatic carbocycles. The Labute approximate surface area is 77.8 Å². The van der Waals surface area contributed by atoms with Crippen LogP contribution < -0.4 is 0 Å². The van der Waals surface area contributed by atoms with Gasteiger partial charge in [0.1, 0.15) is 0 Å². The second kappa shape index (κ2) is 3.11. The molecule has 2 atom stereocenters. The molecule has 0 fully saturated rings. The lowest BCUT2D eigenvalue weighted by Gasteiger charge is -2.25. The van der Waals surface area contributed by atoms with Gasteiger partial charge in [-0.1, -0.05) is 24.3 Å². The van der Waals surface area contributed by atoms with Crippen LogP contribution in [0.15, 0.2) is 24.3 Å². The van der Waals surface area contributed by atoms with E-state index in [9.17, 15) is 5.11 Å². The Kier molecular flexibility index (Phi) is 2.11. The van der Waals surface area contributed by atoms with E-state index in [0.717, 1.165) is 12.8 Å². The summed E-state index contributed by atoms with van der Waals surface area (Å²) in [7, 11) is 0. The van der Waals surface area contributed by atoms with E-state index >= 15 is 0 Å². The Hall–Kier alpha value is -0.470. The van der Waals surface area contributed by atoms with E-state index in [1.807, 2.05) is 12.1 Å². The van der Waals surface area contributed by atoms with Crippen LogP contribution in [-0.2, 0) is 12.8 Å². The molecule has 0 heterocycles. The normalized spacial score (nSPS) is 28.2. The van der Waals surface area contributed by atoms with E-state index in [1.54, 1.807) is 0 Å². The molecule has 1 aromatic carbocycles. The van der Waals surface area contributed by atoms with Gasteiger partial charge in [0.25, 0.3) is 0 Å². The third-order valence-corrected chi connectivity index (χ3v) is 2.95. The second-order valence-electron chi connectivity index (χ2n) is 3.31. The van der Waals surface area contributed by atoms with Crippen LogP contribution in [0.3, 0.4) is 0 Å². The van der Waals surface area contributed by atoms with Gasteiger partial charge in [-0.15, -0.1) is 0 Å². The van der Waals surface area contributed by atoms with Crippen molar-refractivity contribution in [1.29, 1.82) is 0 Å². The number of aliphatic hydroxyl groups is 1. The Balaban J connectivity index is 2.34. The van der Waals surface area contributed by atoms with Crippen molar-refractivity contribution >= 4 is 12.6 Å². The number of benzene rings is 1. The summed E-state index contributed by atoms with van der Waals surface area (Å²) in [4.78, 5) is 0. The number of hydrogen-bond donors (Lipinski definition) is 2. The summed E-state index contributed by atoms with van der Waals surface area (Å²) < 4.78 is 0. The van der Waals surface area contributed by atoms with E-state index in [1.165, 1.54) is 11.1 Å². The maximum Gasteiger partial charge on any atom is 0.0699 e. The van der Waals surface area contributed by atoms with Gasteiger partial charge in [0.15, 0.2) is 0 Å². The number of fused-ring (bicyclic) bond motifs is 1. The van der Waals surface area contributed by atoms with Crippen molar-refractivity contribution in [2.24, 2.45) is 0 Å². The predicted molar refractivity (Wildman–Crippen MR) is 52.6 cm³/mol. The summed E-state index contributed by atoms with van der Waals surface area (Å²) in [5, 5.41) is 9.66. The molecule has 0 bridgehead atoms. The van der Waals surface area contributed by atoms with Gasteiger partial charge >= 0.3 is 0 Å². The highest BCUT2D eigenvalue weighted by atomic mass is 32.1. The quantitative estimate of drug-likeness (QED) is 0.579. The summed E-state index contributed by atoms with van der Waals surface area (Å²) in [5.74, 6) is 0. The molecule has 0 radical (unpaired) electrons. The van der Waals surface area contributed by atoms with Crippen LogP contribution in [0.4, 0.5) is 0 Å². The van der Waals surface area contributed by atoms with Crippen LogP contribution in [0.25, 0.3) is 0 Å². The minimum absolute atomic E-state index is 0.111. The molecule has 1 aromatic rings. The first-order chi connectivity index (χ1) is 5.77. The molecule has 1 N–H and O–H groups in total. The number of rotatable bonds is 0. The van der Waals surface area contributed by atoms with Gasteiger partial charge in [-0.2, -0.15) is 12.6 Å². The zero-order valence-corrected chi connectivity index (χ0v) is 7.67. The van der Waals surface area contributed by atoms with Crippen LogP contribution in [-0.4, -0.2) is 16.5 Å². The zero-order chi connectivity index (χ0) is 8.55. The molecule has 0 amide bonds. The van der Waals surface area contributed by atoms with Gasteiger partial charge in [0, 0.05) is 5.25 Å². The molecule has 12 heavy (non-hydrogen) atoms. The molecule has 64 valence electrons. The fourth-order valence-corrected chi connectivity index (χ4v) is 1.98. The average Bonchev–Trinajstić information content (AvgIpc) is 2.07. The van der Waals surface area contributed by atoms with Gasteiger partial charge in [-0.3, -0.25) is 0 Å². The van der Waals surface area contributed by atoms with Crippen molar-refractivity contribution in [2.45, 2.75) is 24.2 Å². The molecule has 0 aliphatic heterocycles. The molecular weight excluding hydrogens is 168 g/mol. The highest BCUT2D eigenvalue weighted by Crippen LogP contribution is 2.24. The smallest absolute Gasteiger partial charge is 0.0699 e. The Bertz CT molecular complexity index is 256. The van der Waals surface area contributed by atoms with Gasteiger partial charge < -0.3 is 5.11 Å². The maximum absolute atomic E-state index is 9.55. The largest absolute Gasteiger partial charge is 0.392 e. The number of thiol groups is 1. The zero-order valence-electron chi connectivity index (χ0n) is 6.77. The first kappa shape index (κ1) is 8.14. The lowest BCUT2D eigenvalue weighted by Crippen LogP contribution is -2.30. The molecule has 2 rings (SSSR count). The second-order valence-corrected chi connectivity index (χ2v) is 3.97. The Morgan fingerprint density at radius 1 is 1.17 bits per heavy atom. The fourth-order valence-electron chi connectivity index (χ4n) is 1.68. The first-order valence-corrected chi connectivity index (χ1v) is 4.72. The summed E-state index contributed by atoms with van der Waals surface area (Å²) >= 11 is 4.33. The van der Waals surface area contributed by atoms with Crippen LogP contribution in [0.2, 0.25) is 0 Å². The lowest BCUT2D eigenvalue weighted by molar-refractivity contribution is 0.165. The molecule has 2 heteroatoms. The topological polar surface area (TPSA) is 20.2 Å². The van der Waals surface area contributed by atoms with Crippen LogP contribution >= 0.6 is 12.6 Å². The molecule has 0 unspecified atom stereocenters. The van der Waals surface area contributed by atoms with E-state index in [-0.39, 0.29) is 11.4 Å². The summed E-state index contributed by atoms with van der Waals surface area (Å²) in [5.41, 5.74) is 2.61. The van der Waals surface area contributed by atoms with Gasteiger partial charge in [-0.25, -0.2) is 0 Å². The van der Waals surface area contributed by atoms with Crippen LogP contribution in [0, 0.1) is 0 Å². The number of aliphatic hydroxyl groups excluding tert-OH is 1. The van der Waals surface area contributed by atoms with Gasteiger partial charge in [0.05, 0.1) is 6.10 Å². The van der Waals surface area contributed by atoms with Crippen molar-refractivity contribution in [3.05, 3.63) is 35.4 Å². The summed E-state index contributed by atoms with van der Waals surface area (Å²) in [6, 6.07) is 8.25. The molecule has 0 aromatic heterocycles. The standard InChI is InChI=1S/C10H12OS/c11-9-5-7-3-1-2-4-8(7)6-10(9)12/h1-4,9-12H,5-6H2/t9-,10-/m1/s1. The average molecular weight is 180 g/mol. The van der Waals surface area contributed by atoms with Gasteiger partial charge in [0.2, 0.25) is 0 Å². The van der Waals surface area contributed by atoms with Crippen molar-refractivity contribution in [2.75, 3.05) is 0 Å². The molecule has 0 saturated carbocycles. The van der Waals surface area contributed by atoms with Gasteiger partial charge in [-0.05, 0) is 24.0 Å². The van der Waals surface area contributed by atoms with Crippen molar-refractivity contribution in [3.8, 4) is 0 Å². The molecule has 0 saturated heterocycles. The third kappa shape index (κ3) is 1.37. The SMILES string of the molecule is O[C@@H]1Cc2ccccc2C[C@H]1S. The Morgan fingerprint density at radius 3 is 2.42 bits per heavy atom. The number of hydrogen-bond acceptors (Lipinski definition) is 2. The molecule has 0 spiro atoms. The van der Waals surface area contributed by atoms with Crippen LogP contribution in [0.5, 0.6) is 0 Å². The van der Waals surface area contributed by atoms with E-state index in [4.69, 9.17) is 0 Å².